The molecule has 0 spiro atoms. The Kier molecular flexibility index (Phi) is 3.60. The van der Waals surface area contributed by atoms with Gasteiger partial charge in [0.2, 0.25) is 0 Å². The number of fused-ring (bicyclic) bond motifs is 1. The Hall–Kier alpha value is -1.64. The van der Waals surface area contributed by atoms with Crippen molar-refractivity contribution in [2.75, 3.05) is 0 Å². The van der Waals surface area contributed by atoms with E-state index in [1.54, 1.807) is 11.3 Å². The van der Waals surface area contributed by atoms with Crippen molar-refractivity contribution in [2.45, 2.75) is 19.9 Å². The fourth-order valence-corrected chi connectivity index (χ4v) is 3.54. The summed E-state index contributed by atoms with van der Waals surface area (Å²) in [7, 11) is 0. The van der Waals surface area contributed by atoms with Crippen LogP contribution in [0.5, 0.6) is 0 Å². The van der Waals surface area contributed by atoms with Gasteiger partial charge in [-0.2, -0.15) is 0 Å². The van der Waals surface area contributed by atoms with E-state index in [-0.39, 0.29) is 6.04 Å². The van der Waals surface area contributed by atoms with Gasteiger partial charge in [0.05, 0.1) is 0 Å². The van der Waals surface area contributed by atoms with Crippen molar-refractivity contribution in [2.24, 2.45) is 11.7 Å². The minimum Gasteiger partial charge on any atom is -0.323 e. The average Bonchev–Trinajstić information content (AvgIpc) is 2.95. The topological polar surface area (TPSA) is 26.0 Å². The van der Waals surface area contributed by atoms with Gasteiger partial charge in [-0.1, -0.05) is 50.2 Å². The highest BCUT2D eigenvalue weighted by Gasteiger charge is 2.13. The van der Waals surface area contributed by atoms with Gasteiger partial charge in [0.25, 0.3) is 0 Å². The predicted octanol–water partition coefficient (Wildman–Crippen LogP) is 5.22. The lowest BCUT2D eigenvalue weighted by Crippen LogP contribution is -2.14. The third-order valence-electron chi connectivity index (χ3n) is 3.71. The van der Waals surface area contributed by atoms with Crippen molar-refractivity contribution in [3.8, 4) is 10.4 Å². The van der Waals surface area contributed by atoms with Crippen LogP contribution in [0, 0.1) is 5.92 Å². The van der Waals surface area contributed by atoms with Crippen LogP contribution in [0.1, 0.15) is 24.8 Å². The maximum atomic E-state index is 6.23. The predicted molar refractivity (Wildman–Crippen MR) is 89.0 cm³/mol. The summed E-state index contributed by atoms with van der Waals surface area (Å²) in [4.78, 5) is 2.56. The van der Waals surface area contributed by atoms with E-state index in [0.717, 1.165) is 0 Å². The highest BCUT2D eigenvalue weighted by atomic mass is 32.1. The average molecular weight is 281 g/mol. The van der Waals surface area contributed by atoms with Gasteiger partial charge in [0, 0.05) is 15.8 Å². The van der Waals surface area contributed by atoms with E-state index in [1.807, 2.05) is 0 Å². The molecule has 3 aromatic rings. The summed E-state index contributed by atoms with van der Waals surface area (Å²) >= 11 is 1.81. The molecule has 2 aromatic carbocycles. The summed E-state index contributed by atoms with van der Waals surface area (Å²) in [6, 6.07) is 19.6. The number of thiophene rings is 1. The van der Waals surface area contributed by atoms with Crippen molar-refractivity contribution in [1.82, 2.24) is 0 Å². The fraction of sp³-hybridized carbons (Fsp3) is 0.222. The Bertz CT molecular complexity index is 727. The van der Waals surface area contributed by atoms with Crippen LogP contribution >= 0.6 is 11.3 Å². The molecule has 0 radical (unpaired) electrons. The van der Waals surface area contributed by atoms with Crippen LogP contribution in [0.15, 0.2) is 54.6 Å². The first-order valence-electron chi connectivity index (χ1n) is 6.99. The van der Waals surface area contributed by atoms with Crippen LogP contribution < -0.4 is 5.73 Å². The van der Waals surface area contributed by atoms with E-state index in [2.05, 4.69) is 68.4 Å². The third-order valence-corrected chi connectivity index (χ3v) is 4.94. The van der Waals surface area contributed by atoms with E-state index >= 15 is 0 Å². The lowest BCUT2D eigenvalue weighted by molar-refractivity contribution is 0.521. The van der Waals surface area contributed by atoms with Crippen LogP contribution in [0.2, 0.25) is 0 Å². The van der Waals surface area contributed by atoms with Gasteiger partial charge in [-0.25, -0.2) is 0 Å². The molecule has 0 saturated heterocycles. The molecule has 1 atom stereocenters. The molecule has 0 saturated carbocycles. The summed E-state index contributed by atoms with van der Waals surface area (Å²) < 4.78 is 0. The fourth-order valence-electron chi connectivity index (χ4n) is 2.36. The van der Waals surface area contributed by atoms with E-state index in [0.29, 0.717) is 5.92 Å². The molecule has 2 N–H and O–H groups in total. The molecule has 1 aromatic heterocycles. The summed E-state index contributed by atoms with van der Waals surface area (Å²) in [5, 5.41) is 2.57. The number of benzene rings is 2. The number of hydrogen-bond acceptors (Lipinski definition) is 2. The zero-order valence-electron chi connectivity index (χ0n) is 11.8. The lowest BCUT2D eigenvalue weighted by atomic mass is 10.0. The second kappa shape index (κ2) is 5.39. The van der Waals surface area contributed by atoms with Crippen molar-refractivity contribution in [3.63, 3.8) is 0 Å². The smallest absolute Gasteiger partial charge is 0.0413 e. The molecule has 1 unspecified atom stereocenters. The summed E-state index contributed by atoms with van der Waals surface area (Å²) in [6.07, 6.45) is 0. The summed E-state index contributed by atoms with van der Waals surface area (Å²) in [6.45, 7) is 4.33. The minimum absolute atomic E-state index is 0.134. The third kappa shape index (κ3) is 2.49. The first kappa shape index (κ1) is 13.3. The molecule has 102 valence electrons. The van der Waals surface area contributed by atoms with Gasteiger partial charge in [-0.3, -0.25) is 0 Å². The van der Waals surface area contributed by atoms with Crippen LogP contribution in [0.25, 0.3) is 21.2 Å². The van der Waals surface area contributed by atoms with E-state index in [4.69, 9.17) is 5.73 Å². The maximum absolute atomic E-state index is 6.23. The zero-order valence-corrected chi connectivity index (χ0v) is 12.7. The Balaban J connectivity index is 1.99. The maximum Gasteiger partial charge on any atom is 0.0413 e. The highest BCUT2D eigenvalue weighted by molar-refractivity contribution is 7.15. The minimum atomic E-state index is 0.134. The second-order valence-corrected chi connectivity index (χ2v) is 6.65. The monoisotopic (exact) mass is 281 g/mol. The van der Waals surface area contributed by atoms with E-state index in [9.17, 15) is 0 Å². The first-order valence-corrected chi connectivity index (χ1v) is 7.81. The van der Waals surface area contributed by atoms with Gasteiger partial charge < -0.3 is 5.73 Å². The van der Waals surface area contributed by atoms with Gasteiger partial charge in [0.1, 0.15) is 0 Å². The molecule has 0 aliphatic rings. The number of rotatable bonds is 3. The van der Waals surface area contributed by atoms with Crippen LogP contribution in [0.3, 0.4) is 0 Å². The Morgan fingerprint density at radius 2 is 1.65 bits per heavy atom. The van der Waals surface area contributed by atoms with Gasteiger partial charge in [0.15, 0.2) is 0 Å². The molecule has 2 heteroatoms. The van der Waals surface area contributed by atoms with Crippen molar-refractivity contribution in [3.05, 3.63) is 59.5 Å². The molecular weight excluding hydrogens is 262 g/mol. The van der Waals surface area contributed by atoms with Crippen molar-refractivity contribution in [1.29, 1.82) is 0 Å². The Labute approximate surface area is 124 Å². The quantitative estimate of drug-likeness (QED) is 0.699. The molecule has 0 amide bonds. The second-order valence-electron chi connectivity index (χ2n) is 5.53. The lowest BCUT2D eigenvalue weighted by Gasteiger charge is -2.12. The molecule has 20 heavy (non-hydrogen) atoms. The molecular formula is C18H19NS. The molecule has 0 aliphatic carbocycles. The SMILES string of the molecule is CC(C)C(N)c1ccc(-c2ccc3ccccc3c2)s1. The first-order chi connectivity index (χ1) is 9.65. The number of hydrogen-bond donors (Lipinski definition) is 1. The molecule has 1 heterocycles. The number of nitrogens with two attached hydrogens (primary N) is 1. The normalized spacial score (nSPS) is 13.0. The molecule has 0 bridgehead atoms. The standard InChI is InChI=1S/C18H19NS/c1-12(2)18(19)17-10-9-16(20-17)15-8-7-13-5-3-4-6-14(13)11-15/h3-12,18H,19H2,1-2H3. The summed E-state index contributed by atoms with van der Waals surface area (Å²) in [5.41, 5.74) is 7.50. The van der Waals surface area contributed by atoms with Gasteiger partial charge in [-0.15, -0.1) is 11.3 Å². The molecule has 0 fully saturated rings. The zero-order chi connectivity index (χ0) is 14.1. The van der Waals surface area contributed by atoms with Crippen LogP contribution in [-0.2, 0) is 0 Å². The van der Waals surface area contributed by atoms with Crippen LogP contribution in [-0.4, -0.2) is 0 Å². The van der Waals surface area contributed by atoms with Crippen molar-refractivity contribution >= 4 is 22.1 Å². The molecule has 0 aliphatic heterocycles. The summed E-state index contributed by atoms with van der Waals surface area (Å²) in [5.74, 6) is 0.470. The van der Waals surface area contributed by atoms with Gasteiger partial charge in [-0.05, 0) is 40.5 Å². The largest absolute Gasteiger partial charge is 0.323 e. The van der Waals surface area contributed by atoms with Gasteiger partial charge >= 0.3 is 0 Å². The van der Waals surface area contributed by atoms with Crippen molar-refractivity contribution < 1.29 is 0 Å². The van der Waals surface area contributed by atoms with Crippen LogP contribution in [0.4, 0.5) is 0 Å². The molecule has 1 nitrogen and oxygen atoms in total. The van der Waals surface area contributed by atoms with E-state index in [1.165, 1.54) is 26.1 Å². The Morgan fingerprint density at radius 3 is 2.40 bits per heavy atom. The van der Waals surface area contributed by atoms with E-state index < -0.39 is 0 Å². The highest BCUT2D eigenvalue weighted by Crippen LogP contribution is 2.34. The Morgan fingerprint density at radius 1 is 0.900 bits per heavy atom. The molecule has 3 rings (SSSR count).